The van der Waals surface area contributed by atoms with Crippen molar-refractivity contribution >= 4 is 38.4 Å². The zero-order valence-electron chi connectivity index (χ0n) is 13.1. The van der Waals surface area contributed by atoms with E-state index in [0.29, 0.717) is 19.5 Å². The van der Waals surface area contributed by atoms with E-state index in [4.69, 9.17) is 0 Å². The Kier molecular flexibility index (Phi) is 4.01. The summed E-state index contributed by atoms with van der Waals surface area (Å²) in [4.78, 5) is 16.6. The average molecular weight is 335 g/mol. The number of fused-ring (bicyclic) bond motifs is 2. The summed E-state index contributed by atoms with van der Waals surface area (Å²) in [5.41, 5.74) is 2.15. The lowest BCUT2D eigenvalue weighted by molar-refractivity contribution is -0.121. The van der Waals surface area contributed by atoms with E-state index in [9.17, 15) is 4.79 Å². The van der Waals surface area contributed by atoms with Crippen molar-refractivity contribution in [2.75, 3.05) is 0 Å². The van der Waals surface area contributed by atoms with Crippen LogP contribution in [-0.2, 0) is 17.9 Å². The molecule has 120 valence electrons. The first-order chi connectivity index (χ1) is 11.8. The molecule has 0 atom stereocenters. The third-order valence-corrected chi connectivity index (χ3v) is 5.07. The maximum atomic E-state index is 12.1. The van der Waals surface area contributed by atoms with Gasteiger partial charge in [-0.3, -0.25) is 4.79 Å². The smallest absolute Gasteiger partial charge is 0.222 e. The molecule has 24 heavy (non-hydrogen) atoms. The fourth-order valence-electron chi connectivity index (χ4n) is 2.82. The van der Waals surface area contributed by atoms with Crippen LogP contribution in [-0.4, -0.2) is 15.5 Å². The fourth-order valence-corrected chi connectivity index (χ4v) is 3.72. The lowest BCUT2D eigenvalue weighted by Gasteiger charge is -2.06. The molecule has 2 aromatic heterocycles. The van der Waals surface area contributed by atoms with E-state index in [1.807, 2.05) is 36.5 Å². The van der Waals surface area contributed by atoms with E-state index in [1.165, 1.54) is 5.39 Å². The second-order valence-electron chi connectivity index (χ2n) is 5.67. The molecule has 0 bridgehead atoms. The van der Waals surface area contributed by atoms with Crippen molar-refractivity contribution < 1.29 is 4.79 Å². The Balaban J connectivity index is 1.35. The summed E-state index contributed by atoms with van der Waals surface area (Å²) in [6.45, 7) is 1.17. The molecule has 0 saturated heterocycles. The second kappa shape index (κ2) is 6.45. The van der Waals surface area contributed by atoms with Gasteiger partial charge in [-0.05, 0) is 29.7 Å². The van der Waals surface area contributed by atoms with Gasteiger partial charge in [-0.1, -0.05) is 30.3 Å². The Morgan fingerprint density at radius 1 is 1.08 bits per heavy atom. The van der Waals surface area contributed by atoms with Gasteiger partial charge in [0.15, 0.2) is 0 Å². The number of thiazole rings is 1. The number of hydrogen-bond acceptors (Lipinski definition) is 3. The number of aryl methyl sites for hydroxylation is 1. The molecule has 2 heterocycles. The largest absolute Gasteiger partial charge is 0.350 e. The van der Waals surface area contributed by atoms with Crippen molar-refractivity contribution in [2.45, 2.75) is 19.5 Å². The molecule has 1 N–H and O–H groups in total. The highest BCUT2D eigenvalue weighted by molar-refractivity contribution is 7.18. The Hall–Kier alpha value is -2.66. The number of aromatic nitrogens is 2. The van der Waals surface area contributed by atoms with Crippen LogP contribution in [0.4, 0.5) is 0 Å². The van der Waals surface area contributed by atoms with Gasteiger partial charge in [0, 0.05) is 24.7 Å². The topological polar surface area (TPSA) is 46.9 Å². The summed E-state index contributed by atoms with van der Waals surface area (Å²) >= 11 is 1.63. The molecule has 0 fully saturated rings. The van der Waals surface area contributed by atoms with Crippen LogP contribution in [0.25, 0.3) is 21.1 Å². The summed E-state index contributed by atoms with van der Waals surface area (Å²) in [7, 11) is 0. The Morgan fingerprint density at radius 3 is 2.83 bits per heavy atom. The normalized spacial score (nSPS) is 11.2. The van der Waals surface area contributed by atoms with E-state index < -0.39 is 0 Å². The van der Waals surface area contributed by atoms with Gasteiger partial charge < -0.3 is 9.88 Å². The number of carbonyl (C=O) groups excluding carboxylic acids is 1. The summed E-state index contributed by atoms with van der Waals surface area (Å²) in [6.07, 6.45) is 2.50. The summed E-state index contributed by atoms with van der Waals surface area (Å²) in [5, 5.41) is 5.11. The van der Waals surface area contributed by atoms with E-state index >= 15 is 0 Å². The molecular weight excluding hydrogens is 318 g/mol. The zero-order valence-corrected chi connectivity index (χ0v) is 13.9. The van der Waals surface area contributed by atoms with Gasteiger partial charge in [-0.15, -0.1) is 11.3 Å². The van der Waals surface area contributed by atoms with Crippen LogP contribution in [0.2, 0.25) is 0 Å². The minimum atomic E-state index is 0.0482. The van der Waals surface area contributed by atoms with E-state index in [0.717, 1.165) is 20.7 Å². The van der Waals surface area contributed by atoms with Crippen LogP contribution < -0.4 is 5.32 Å². The third-order valence-electron chi connectivity index (χ3n) is 4.03. The number of para-hydroxylation sites is 2. The minimum absolute atomic E-state index is 0.0482. The number of benzene rings is 2. The fraction of sp³-hybridized carbons (Fsp3) is 0.158. The number of nitrogens with one attached hydrogen (secondary N) is 1. The van der Waals surface area contributed by atoms with E-state index in [1.54, 1.807) is 11.3 Å². The summed E-state index contributed by atoms with van der Waals surface area (Å²) < 4.78 is 3.27. The molecule has 0 radical (unpaired) electrons. The van der Waals surface area contributed by atoms with Crippen molar-refractivity contribution in [3.05, 3.63) is 65.8 Å². The van der Waals surface area contributed by atoms with Crippen LogP contribution in [0.1, 0.15) is 11.4 Å². The summed E-state index contributed by atoms with van der Waals surface area (Å²) in [6, 6.07) is 18.3. The highest BCUT2D eigenvalue weighted by atomic mass is 32.1. The Labute approximate surface area is 143 Å². The maximum absolute atomic E-state index is 12.1. The van der Waals surface area contributed by atoms with E-state index in [2.05, 4.69) is 39.1 Å². The van der Waals surface area contributed by atoms with Gasteiger partial charge in [-0.25, -0.2) is 4.98 Å². The van der Waals surface area contributed by atoms with Crippen molar-refractivity contribution in [2.24, 2.45) is 0 Å². The molecule has 0 aliphatic carbocycles. The molecule has 0 spiro atoms. The van der Waals surface area contributed by atoms with Crippen LogP contribution in [0.5, 0.6) is 0 Å². The van der Waals surface area contributed by atoms with Crippen LogP contribution >= 0.6 is 11.3 Å². The molecule has 0 unspecified atom stereocenters. The lowest BCUT2D eigenvalue weighted by atomic mass is 10.2. The quantitative estimate of drug-likeness (QED) is 0.600. The third kappa shape index (κ3) is 3.03. The van der Waals surface area contributed by atoms with E-state index in [-0.39, 0.29) is 5.91 Å². The number of carbonyl (C=O) groups is 1. The van der Waals surface area contributed by atoms with Crippen LogP contribution in [0.15, 0.2) is 60.8 Å². The van der Waals surface area contributed by atoms with Crippen molar-refractivity contribution in [3.63, 3.8) is 0 Å². The number of hydrogen-bond donors (Lipinski definition) is 1. The molecule has 4 rings (SSSR count). The highest BCUT2D eigenvalue weighted by Crippen LogP contribution is 2.21. The van der Waals surface area contributed by atoms with Gasteiger partial charge in [-0.2, -0.15) is 0 Å². The SMILES string of the molecule is O=C(CCn1ccc2ccccc21)NCc1nc2ccccc2s1. The molecular formula is C19H17N3OS. The first kappa shape index (κ1) is 14.9. The molecule has 0 aliphatic rings. The zero-order chi connectivity index (χ0) is 16.4. The predicted octanol–water partition coefficient (Wildman–Crippen LogP) is 3.96. The predicted molar refractivity (Wildman–Crippen MR) is 98.0 cm³/mol. The standard InChI is InChI=1S/C19H17N3OS/c23-18(10-12-22-11-9-14-5-1-3-7-16(14)22)20-13-19-21-15-6-2-4-8-17(15)24-19/h1-9,11H,10,12-13H2,(H,20,23). The number of amides is 1. The Morgan fingerprint density at radius 2 is 1.92 bits per heavy atom. The Bertz CT molecular complexity index is 969. The van der Waals surface area contributed by atoms with Gasteiger partial charge in [0.1, 0.15) is 5.01 Å². The first-order valence-corrected chi connectivity index (χ1v) is 8.76. The lowest BCUT2D eigenvalue weighted by Crippen LogP contribution is -2.23. The van der Waals surface area contributed by atoms with Gasteiger partial charge in [0.25, 0.3) is 0 Å². The van der Waals surface area contributed by atoms with Gasteiger partial charge in [0.2, 0.25) is 5.91 Å². The molecule has 4 aromatic rings. The van der Waals surface area contributed by atoms with Crippen molar-refractivity contribution in [1.82, 2.24) is 14.9 Å². The maximum Gasteiger partial charge on any atom is 0.222 e. The van der Waals surface area contributed by atoms with Gasteiger partial charge >= 0.3 is 0 Å². The van der Waals surface area contributed by atoms with Crippen LogP contribution in [0.3, 0.4) is 0 Å². The second-order valence-corrected chi connectivity index (χ2v) is 6.79. The number of nitrogens with zero attached hydrogens (tertiary/aromatic N) is 2. The first-order valence-electron chi connectivity index (χ1n) is 7.94. The van der Waals surface area contributed by atoms with Crippen molar-refractivity contribution in [3.8, 4) is 0 Å². The monoisotopic (exact) mass is 335 g/mol. The number of rotatable bonds is 5. The molecule has 2 aromatic carbocycles. The molecule has 1 amide bonds. The molecule has 0 aliphatic heterocycles. The van der Waals surface area contributed by atoms with Crippen LogP contribution in [0, 0.1) is 0 Å². The minimum Gasteiger partial charge on any atom is -0.350 e. The van der Waals surface area contributed by atoms with Gasteiger partial charge in [0.05, 0.1) is 16.8 Å². The van der Waals surface area contributed by atoms with Crippen molar-refractivity contribution in [1.29, 1.82) is 0 Å². The summed E-state index contributed by atoms with van der Waals surface area (Å²) in [5.74, 6) is 0.0482. The average Bonchev–Trinajstić information content (AvgIpc) is 3.21. The molecule has 0 saturated carbocycles. The molecule has 4 nitrogen and oxygen atoms in total. The highest BCUT2D eigenvalue weighted by Gasteiger charge is 2.07. The molecule has 5 heteroatoms.